The number of para-hydroxylation sites is 1. The number of thioether (sulfide) groups is 1. The number of hydrogen-bond acceptors (Lipinski definition) is 6. The zero-order valence-corrected chi connectivity index (χ0v) is 16.9. The number of hydrogen-bond donors (Lipinski definition) is 0. The van der Waals surface area contributed by atoms with Gasteiger partial charge in [0.1, 0.15) is 5.82 Å². The minimum Gasteiger partial charge on any atom is -0.456 e. The number of amides is 1. The first-order valence-electron chi connectivity index (χ1n) is 8.76. The maximum Gasteiger partial charge on any atom is 0.307 e. The Balaban J connectivity index is 1.47. The van der Waals surface area contributed by atoms with Crippen molar-refractivity contribution in [3.63, 3.8) is 0 Å². The monoisotopic (exact) mass is 418 g/mol. The molecular weight excluding hydrogens is 399 g/mol. The molecule has 1 amide bonds. The SMILES string of the molecule is CCN(C(=O)COC(=O)CCSc1ccc(F)cc1)c1nc2ccccc2s1. The van der Waals surface area contributed by atoms with Gasteiger partial charge in [-0.1, -0.05) is 23.5 Å². The van der Waals surface area contributed by atoms with Gasteiger partial charge < -0.3 is 4.74 Å². The third-order valence-electron chi connectivity index (χ3n) is 3.88. The average molecular weight is 419 g/mol. The number of halogens is 1. The molecule has 0 atom stereocenters. The second-order valence-corrected chi connectivity index (χ2v) is 7.99. The molecule has 2 aromatic carbocycles. The molecule has 3 aromatic rings. The molecular formula is C20H19FN2O3S2. The van der Waals surface area contributed by atoms with Crippen molar-refractivity contribution in [1.82, 2.24) is 4.98 Å². The minimum atomic E-state index is -0.441. The van der Waals surface area contributed by atoms with Gasteiger partial charge in [0.15, 0.2) is 11.7 Å². The van der Waals surface area contributed by atoms with Gasteiger partial charge in [-0.15, -0.1) is 11.8 Å². The zero-order chi connectivity index (χ0) is 19.9. The lowest BCUT2D eigenvalue weighted by atomic mass is 10.3. The topological polar surface area (TPSA) is 59.5 Å². The number of thiazole rings is 1. The van der Waals surface area contributed by atoms with E-state index < -0.39 is 5.97 Å². The number of nitrogens with zero attached hydrogens (tertiary/aromatic N) is 2. The van der Waals surface area contributed by atoms with E-state index in [2.05, 4.69) is 4.98 Å². The molecule has 0 aliphatic rings. The van der Waals surface area contributed by atoms with Crippen LogP contribution in [-0.2, 0) is 14.3 Å². The molecule has 0 fully saturated rings. The van der Waals surface area contributed by atoms with E-state index >= 15 is 0 Å². The van der Waals surface area contributed by atoms with E-state index in [0.29, 0.717) is 17.4 Å². The van der Waals surface area contributed by atoms with Crippen LogP contribution >= 0.6 is 23.1 Å². The van der Waals surface area contributed by atoms with Crippen molar-refractivity contribution in [2.75, 3.05) is 23.8 Å². The Morgan fingerprint density at radius 3 is 2.64 bits per heavy atom. The number of fused-ring (bicyclic) bond motifs is 1. The number of ether oxygens (including phenoxy) is 1. The van der Waals surface area contributed by atoms with Gasteiger partial charge in [-0.3, -0.25) is 14.5 Å². The number of carbonyl (C=O) groups is 2. The van der Waals surface area contributed by atoms with Crippen molar-refractivity contribution in [3.8, 4) is 0 Å². The summed E-state index contributed by atoms with van der Waals surface area (Å²) >= 11 is 2.86. The van der Waals surface area contributed by atoms with Gasteiger partial charge in [-0.05, 0) is 43.3 Å². The van der Waals surface area contributed by atoms with Crippen LogP contribution in [-0.4, -0.2) is 35.8 Å². The Morgan fingerprint density at radius 2 is 1.93 bits per heavy atom. The predicted octanol–water partition coefficient (Wildman–Crippen LogP) is 4.51. The van der Waals surface area contributed by atoms with E-state index in [4.69, 9.17) is 4.74 Å². The van der Waals surface area contributed by atoms with Crippen molar-refractivity contribution < 1.29 is 18.7 Å². The van der Waals surface area contributed by atoms with Gasteiger partial charge in [0.2, 0.25) is 0 Å². The van der Waals surface area contributed by atoms with Gasteiger partial charge in [0.25, 0.3) is 5.91 Å². The summed E-state index contributed by atoms with van der Waals surface area (Å²) in [5.74, 6) is -0.547. The van der Waals surface area contributed by atoms with Crippen LogP contribution in [0, 0.1) is 5.82 Å². The van der Waals surface area contributed by atoms with Gasteiger partial charge in [0, 0.05) is 17.2 Å². The Kier molecular flexibility index (Phi) is 7.00. The number of likely N-dealkylation sites (N-methyl/N-ethyl adjacent to an activating group) is 1. The van der Waals surface area contributed by atoms with Crippen LogP contribution in [0.1, 0.15) is 13.3 Å². The summed E-state index contributed by atoms with van der Waals surface area (Å²) < 4.78 is 19.0. The van der Waals surface area contributed by atoms with Crippen LogP contribution in [0.3, 0.4) is 0 Å². The number of aromatic nitrogens is 1. The fraction of sp³-hybridized carbons (Fsp3) is 0.250. The second kappa shape index (κ2) is 9.66. The highest BCUT2D eigenvalue weighted by Gasteiger charge is 2.19. The summed E-state index contributed by atoms with van der Waals surface area (Å²) in [5.41, 5.74) is 0.837. The molecule has 0 unspecified atom stereocenters. The van der Waals surface area contributed by atoms with E-state index in [1.807, 2.05) is 31.2 Å². The molecule has 0 bridgehead atoms. The fourth-order valence-electron chi connectivity index (χ4n) is 2.47. The van der Waals surface area contributed by atoms with Crippen LogP contribution in [0.5, 0.6) is 0 Å². The van der Waals surface area contributed by atoms with Gasteiger partial charge in [0.05, 0.1) is 16.6 Å². The number of anilines is 1. The van der Waals surface area contributed by atoms with E-state index in [1.54, 1.807) is 12.1 Å². The average Bonchev–Trinajstić information content (AvgIpc) is 3.12. The van der Waals surface area contributed by atoms with Crippen molar-refractivity contribution >= 4 is 50.3 Å². The van der Waals surface area contributed by atoms with Crippen LogP contribution in [0.25, 0.3) is 10.2 Å². The molecule has 1 aromatic heterocycles. The molecule has 0 saturated carbocycles. The number of benzene rings is 2. The van der Waals surface area contributed by atoms with Crippen LogP contribution < -0.4 is 4.90 Å². The number of carbonyl (C=O) groups excluding carboxylic acids is 2. The van der Waals surface area contributed by atoms with Crippen molar-refractivity contribution in [2.45, 2.75) is 18.2 Å². The zero-order valence-electron chi connectivity index (χ0n) is 15.3. The van der Waals surface area contributed by atoms with Gasteiger partial charge in [-0.25, -0.2) is 9.37 Å². The largest absolute Gasteiger partial charge is 0.456 e. The lowest BCUT2D eigenvalue weighted by Crippen LogP contribution is -2.34. The quantitative estimate of drug-likeness (QED) is 0.398. The van der Waals surface area contributed by atoms with Crippen molar-refractivity contribution in [3.05, 3.63) is 54.3 Å². The Morgan fingerprint density at radius 1 is 1.18 bits per heavy atom. The molecule has 28 heavy (non-hydrogen) atoms. The van der Waals surface area contributed by atoms with Crippen molar-refractivity contribution in [2.24, 2.45) is 0 Å². The molecule has 1 heterocycles. The highest BCUT2D eigenvalue weighted by molar-refractivity contribution is 7.99. The first kappa shape index (κ1) is 20.3. The normalized spacial score (nSPS) is 10.8. The lowest BCUT2D eigenvalue weighted by molar-refractivity contribution is -0.147. The van der Waals surface area contributed by atoms with Crippen molar-refractivity contribution in [1.29, 1.82) is 0 Å². The molecule has 146 valence electrons. The molecule has 0 spiro atoms. The maximum absolute atomic E-state index is 12.9. The molecule has 0 N–H and O–H groups in total. The van der Waals surface area contributed by atoms with E-state index in [-0.39, 0.29) is 24.8 Å². The standard InChI is InChI=1S/C20H19FN2O3S2/c1-2-23(20-22-16-5-3-4-6-17(16)28-20)18(24)13-26-19(25)11-12-27-15-9-7-14(21)8-10-15/h3-10H,2,11-13H2,1H3. The smallest absolute Gasteiger partial charge is 0.307 e. The third-order valence-corrected chi connectivity index (χ3v) is 5.95. The lowest BCUT2D eigenvalue weighted by Gasteiger charge is -2.17. The van der Waals surface area contributed by atoms with Gasteiger partial charge in [-0.2, -0.15) is 0 Å². The van der Waals surface area contributed by atoms with E-state index in [1.165, 1.54) is 40.1 Å². The Bertz CT molecular complexity index is 926. The fourth-order valence-corrected chi connectivity index (χ4v) is 4.35. The van der Waals surface area contributed by atoms with Crippen LogP contribution in [0.2, 0.25) is 0 Å². The molecule has 3 rings (SSSR count). The van der Waals surface area contributed by atoms with E-state index in [0.717, 1.165) is 15.1 Å². The molecule has 0 radical (unpaired) electrons. The minimum absolute atomic E-state index is 0.169. The summed E-state index contributed by atoms with van der Waals surface area (Å²) in [5, 5.41) is 0.594. The van der Waals surface area contributed by atoms with Crippen LogP contribution in [0.15, 0.2) is 53.4 Å². The first-order chi connectivity index (χ1) is 13.6. The molecule has 8 heteroatoms. The molecule has 5 nitrogen and oxygen atoms in total. The molecule has 0 aliphatic carbocycles. The van der Waals surface area contributed by atoms with Crippen LogP contribution in [0.4, 0.5) is 9.52 Å². The summed E-state index contributed by atoms with van der Waals surface area (Å²) in [7, 11) is 0. The Hall–Kier alpha value is -2.45. The second-order valence-electron chi connectivity index (χ2n) is 5.82. The Labute approximate surface area is 170 Å². The summed E-state index contributed by atoms with van der Waals surface area (Å²) in [4.78, 5) is 31.2. The highest BCUT2D eigenvalue weighted by atomic mass is 32.2. The highest BCUT2D eigenvalue weighted by Crippen LogP contribution is 2.28. The summed E-state index contributed by atoms with van der Waals surface area (Å²) in [6, 6.07) is 13.7. The number of esters is 1. The molecule has 0 aliphatic heterocycles. The summed E-state index contributed by atoms with van der Waals surface area (Å²) in [6.07, 6.45) is 0.169. The number of rotatable bonds is 8. The molecule has 0 saturated heterocycles. The van der Waals surface area contributed by atoms with E-state index in [9.17, 15) is 14.0 Å². The maximum atomic E-state index is 12.9. The van der Waals surface area contributed by atoms with Gasteiger partial charge >= 0.3 is 5.97 Å². The first-order valence-corrected chi connectivity index (χ1v) is 10.6. The summed E-state index contributed by atoms with van der Waals surface area (Å²) in [6.45, 7) is 1.98. The predicted molar refractivity (Wildman–Crippen MR) is 110 cm³/mol. The third kappa shape index (κ3) is 5.30.